The van der Waals surface area contributed by atoms with E-state index in [1.54, 1.807) is 0 Å². The van der Waals surface area contributed by atoms with Crippen LogP contribution in [0.25, 0.3) is 134 Å². The predicted molar refractivity (Wildman–Crippen MR) is 580 cm³/mol. The van der Waals surface area contributed by atoms with Crippen LogP contribution in [0.3, 0.4) is 0 Å². The van der Waals surface area contributed by atoms with Gasteiger partial charge in [0.1, 0.15) is 0 Å². The molecule has 2 aliphatic rings. The van der Waals surface area contributed by atoms with Gasteiger partial charge in [0.2, 0.25) is 0 Å². The van der Waals surface area contributed by atoms with Crippen LogP contribution >= 0.6 is 0 Å². The van der Waals surface area contributed by atoms with Gasteiger partial charge in [-0.3, -0.25) is 0 Å². The lowest BCUT2D eigenvalue weighted by Crippen LogP contribution is -2.26. The Kier molecular flexibility index (Phi) is 26.0. The topological polar surface area (TPSA) is 9.72 Å². The van der Waals surface area contributed by atoms with E-state index in [1.165, 1.54) is 218 Å². The molecule has 19 aromatic carbocycles. The first-order chi connectivity index (χ1) is 67.3. The fourth-order valence-corrected chi connectivity index (χ4v) is 21.3. The number of nitrogens with zero attached hydrogens (tertiary/aromatic N) is 3. The van der Waals surface area contributed by atoms with Crippen LogP contribution in [0.2, 0.25) is 0 Å². The summed E-state index contributed by atoms with van der Waals surface area (Å²) in [6.07, 6.45) is 20.1. The molecule has 21 rings (SSSR count). The van der Waals surface area contributed by atoms with Crippen LogP contribution in [0.1, 0.15) is 126 Å². The quantitative estimate of drug-likeness (QED) is 0.0372. The van der Waals surface area contributed by atoms with Crippen molar-refractivity contribution in [1.29, 1.82) is 0 Å². The summed E-state index contributed by atoms with van der Waals surface area (Å²) in [6, 6.07) is 174. The summed E-state index contributed by atoms with van der Waals surface area (Å²) in [5.41, 5.74) is 44.6. The molecule has 0 amide bonds. The minimum Gasteiger partial charge on any atom is -0.311 e. The zero-order valence-corrected chi connectivity index (χ0v) is 78.1. The van der Waals surface area contributed by atoms with Crippen molar-refractivity contribution in [2.45, 2.75) is 122 Å². The van der Waals surface area contributed by atoms with Crippen LogP contribution in [0.4, 0.5) is 51.2 Å². The second kappa shape index (κ2) is 40.6. The van der Waals surface area contributed by atoms with Gasteiger partial charge in [0.05, 0.1) is 0 Å². The zero-order valence-electron chi connectivity index (χ0n) is 78.1. The largest absolute Gasteiger partial charge is 0.311 e. The third-order valence-corrected chi connectivity index (χ3v) is 28.6. The third kappa shape index (κ3) is 18.6. The second-order valence-electron chi connectivity index (χ2n) is 37.2. The van der Waals surface area contributed by atoms with E-state index < -0.39 is 0 Å². The number of unbranched alkanes of at least 4 members (excludes halogenated alkanes) is 10. The van der Waals surface area contributed by atoms with Crippen molar-refractivity contribution in [2.24, 2.45) is 0 Å². The van der Waals surface area contributed by atoms with Crippen molar-refractivity contribution >= 4 is 51.2 Å². The average molecular weight is 1760 g/mol. The van der Waals surface area contributed by atoms with Gasteiger partial charge in [-0.05, 0) is 321 Å². The summed E-state index contributed by atoms with van der Waals surface area (Å²) in [5, 5.41) is 0. The maximum absolute atomic E-state index is 2.61. The molecule has 3 nitrogen and oxygen atoms in total. The molecule has 0 atom stereocenters. The standard InChI is InChI=1S/C133H115N3/c1-3-5-7-9-11-30-87-133(88-31-12-10-8-6-4-2)130-52-29-28-51-126(130)127-86-85-125(95-131(127)133)136(122-70-55-99(56-71-122)96-35-18-13-19-36-96)123-80-65-105(66-81-123)114-50-34-48-112(91-114)102-59-74-118(75-60-102)134(119-82-68-108(69-83-119)132-128(106-41-24-16-25-42-106)93-116(98-39-22-15-23-40-98)94-129(132)107-43-26-17-27-44-107)117-72-57-101(58-73-117)111-47-33-49-113(90-111)104-63-78-121(79-64-104)135(124-84-67-100-53-54-115(100)92-124)120-76-61-103(62-77-120)110-46-32-45-109(89-110)97-37-20-14-21-38-97/h13-29,32-52,55-86,89-95H,3-12,30-31,53-54,87-88H2,1-2H3. The average Bonchev–Trinajstić information content (AvgIpc) is 1.55. The first-order valence-electron chi connectivity index (χ1n) is 49.6. The van der Waals surface area contributed by atoms with Crippen LogP contribution < -0.4 is 14.7 Å². The molecule has 0 aromatic heterocycles. The Hall–Kier alpha value is -15.4. The SMILES string of the molecule is CCCCCCCCC1(CCCCCCCC)c2ccccc2-c2ccc(N(c3ccc(-c4ccccc4)cc3)c3ccc(-c4cccc(-c5ccc(N(c6ccc(-c7cccc(-c8ccc(N(c9ccc(-c%10cccc(-c%11ccccc%11)c%10)cc9)c9ccc%10c(c9)CC%10)cc8)c7)cc6)c6ccc(-c7c(-c8ccccc8)cc(-c8ccccc8)cc7-c7ccccc7)cc6)cc5)c4)cc3)cc21. The predicted octanol–water partition coefficient (Wildman–Crippen LogP) is 38.3. The maximum Gasteiger partial charge on any atom is 0.0465 e. The summed E-state index contributed by atoms with van der Waals surface area (Å²) in [6.45, 7) is 4.65. The summed E-state index contributed by atoms with van der Waals surface area (Å²) in [5.74, 6) is 0. The Morgan fingerprint density at radius 2 is 0.434 bits per heavy atom. The van der Waals surface area contributed by atoms with Crippen molar-refractivity contribution in [1.82, 2.24) is 0 Å². The van der Waals surface area contributed by atoms with Crippen LogP contribution in [0, 0.1) is 0 Å². The number of aryl methyl sites for hydroxylation is 2. The van der Waals surface area contributed by atoms with E-state index in [0.29, 0.717) is 0 Å². The smallest absolute Gasteiger partial charge is 0.0465 e. The van der Waals surface area contributed by atoms with Gasteiger partial charge in [-0.15, -0.1) is 0 Å². The molecular formula is C133H115N3. The van der Waals surface area contributed by atoms with E-state index in [0.717, 1.165) is 91.6 Å². The van der Waals surface area contributed by atoms with Crippen molar-refractivity contribution < 1.29 is 0 Å². The number of rotatable bonds is 34. The molecule has 19 aromatic rings. The number of anilines is 9. The molecule has 0 unspecified atom stereocenters. The van der Waals surface area contributed by atoms with Crippen LogP contribution in [0.5, 0.6) is 0 Å². The van der Waals surface area contributed by atoms with E-state index in [9.17, 15) is 0 Å². The number of hydrogen-bond acceptors (Lipinski definition) is 3. The Morgan fingerprint density at radius 3 is 0.794 bits per heavy atom. The first-order valence-corrected chi connectivity index (χ1v) is 49.6. The molecule has 0 spiro atoms. The Morgan fingerprint density at radius 1 is 0.169 bits per heavy atom. The minimum atomic E-state index is -0.0507. The number of benzene rings is 19. The van der Waals surface area contributed by atoms with Gasteiger partial charge in [0.25, 0.3) is 0 Å². The van der Waals surface area contributed by atoms with Gasteiger partial charge in [-0.1, -0.05) is 418 Å². The van der Waals surface area contributed by atoms with Crippen molar-refractivity contribution in [3.63, 3.8) is 0 Å². The fourth-order valence-electron chi connectivity index (χ4n) is 21.3. The highest BCUT2D eigenvalue weighted by atomic mass is 15.2. The van der Waals surface area contributed by atoms with Crippen molar-refractivity contribution in [3.05, 3.63) is 489 Å². The highest BCUT2D eigenvalue weighted by molar-refractivity contribution is 5.99. The van der Waals surface area contributed by atoms with Gasteiger partial charge in [0, 0.05) is 56.6 Å². The number of fused-ring (bicyclic) bond motifs is 4. The summed E-state index contributed by atoms with van der Waals surface area (Å²) < 4.78 is 0. The van der Waals surface area contributed by atoms with Gasteiger partial charge in [-0.25, -0.2) is 0 Å². The van der Waals surface area contributed by atoms with Crippen LogP contribution in [-0.4, -0.2) is 0 Å². The molecule has 0 radical (unpaired) electrons. The van der Waals surface area contributed by atoms with Crippen molar-refractivity contribution in [3.8, 4) is 134 Å². The summed E-state index contributed by atoms with van der Waals surface area (Å²) in [4.78, 5) is 7.33. The molecule has 0 bridgehead atoms. The minimum absolute atomic E-state index is 0.0507. The molecule has 0 saturated heterocycles. The molecule has 0 aliphatic heterocycles. The van der Waals surface area contributed by atoms with E-state index in [2.05, 4.69) is 496 Å². The molecule has 0 saturated carbocycles. The lowest BCUT2D eigenvalue weighted by molar-refractivity contribution is 0.398. The van der Waals surface area contributed by atoms with E-state index >= 15 is 0 Å². The summed E-state index contributed by atoms with van der Waals surface area (Å²) >= 11 is 0. The molecule has 3 heteroatoms. The molecule has 0 fully saturated rings. The van der Waals surface area contributed by atoms with Crippen LogP contribution in [-0.2, 0) is 18.3 Å². The lowest BCUT2D eigenvalue weighted by Gasteiger charge is -2.34. The highest BCUT2D eigenvalue weighted by Crippen LogP contribution is 2.57. The third-order valence-electron chi connectivity index (χ3n) is 28.6. The highest BCUT2D eigenvalue weighted by Gasteiger charge is 2.43. The molecule has 136 heavy (non-hydrogen) atoms. The van der Waals surface area contributed by atoms with Gasteiger partial charge < -0.3 is 14.7 Å². The van der Waals surface area contributed by atoms with E-state index in [1.807, 2.05) is 0 Å². The fraction of sp³-hybridized carbons (Fsp3) is 0.143. The summed E-state index contributed by atoms with van der Waals surface area (Å²) in [7, 11) is 0. The van der Waals surface area contributed by atoms with Gasteiger partial charge in [0.15, 0.2) is 0 Å². The van der Waals surface area contributed by atoms with Gasteiger partial charge in [-0.2, -0.15) is 0 Å². The first kappa shape index (κ1) is 87.2. The maximum atomic E-state index is 2.61. The number of hydrogen-bond donors (Lipinski definition) is 0. The molecular weight excluding hydrogens is 1640 g/mol. The normalized spacial score (nSPS) is 12.2. The second-order valence-corrected chi connectivity index (χ2v) is 37.2. The zero-order chi connectivity index (χ0) is 91.4. The lowest BCUT2D eigenvalue weighted by atomic mass is 9.70. The monoisotopic (exact) mass is 1750 g/mol. The van der Waals surface area contributed by atoms with Gasteiger partial charge >= 0.3 is 0 Å². The Bertz CT molecular complexity index is 7200. The molecule has 2 aliphatic carbocycles. The van der Waals surface area contributed by atoms with E-state index in [4.69, 9.17) is 0 Å². The van der Waals surface area contributed by atoms with Crippen LogP contribution in [0.15, 0.2) is 467 Å². The Labute approximate surface area is 805 Å². The molecule has 0 N–H and O–H groups in total. The molecule has 0 heterocycles. The van der Waals surface area contributed by atoms with Crippen molar-refractivity contribution in [2.75, 3.05) is 14.7 Å². The van der Waals surface area contributed by atoms with E-state index in [-0.39, 0.29) is 5.41 Å². The molecule has 662 valence electrons. The Balaban J connectivity index is 0.600.